The minimum absolute atomic E-state index is 0.119. The first-order chi connectivity index (χ1) is 13.7. The van der Waals surface area contributed by atoms with Crippen LogP contribution in [0.5, 0.6) is 11.5 Å². The third-order valence-electron chi connectivity index (χ3n) is 5.61. The normalized spacial score (nSPS) is 22.8. The van der Waals surface area contributed by atoms with E-state index in [2.05, 4.69) is 29.2 Å². The Labute approximate surface area is 166 Å². The molecule has 0 aromatic heterocycles. The molecule has 2 aromatic carbocycles. The Balaban J connectivity index is 1.21. The summed E-state index contributed by atoms with van der Waals surface area (Å²) in [7, 11) is 1.66. The zero-order valence-corrected chi connectivity index (χ0v) is 16.4. The van der Waals surface area contributed by atoms with Gasteiger partial charge in [-0.05, 0) is 42.5 Å². The van der Waals surface area contributed by atoms with Gasteiger partial charge in [0.25, 0.3) is 0 Å². The summed E-state index contributed by atoms with van der Waals surface area (Å²) in [6, 6.07) is 16.1. The third-order valence-corrected chi connectivity index (χ3v) is 5.61. The maximum absolute atomic E-state index is 10.4. The minimum Gasteiger partial charge on any atom is -0.497 e. The molecule has 28 heavy (non-hydrogen) atoms. The third kappa shape index (κ3) is 4.66. The van der Waals surface area contributed by atoms with Crippen LogP contribution in [0.4, 0.5) is 0 Å². The molecule has 1 heterocycles. The van der Waals surface area contributed by atoms with Crippen LogP contribution < -0.4 is 9.47 Å². The standard InChI is InChI=1S/C23H29NO4/c1-26-19-6-4-7-20(13-19)28-21-11-12-24(15-21)14-18(25)16-27-23-10-9-17-5-2-3-8-22(17)23/h2-8,13,18,21,23,25H,9-12,14-16H2,1H3/t18?,21-,23-/m0/s1. The number of benzene rings is 2. The van der Waals surface area contributed by atoms with Gasteiger partial charge in [0, 0.05) is 25.7 Å². The Morgan fingerprint density at radius 1 is 1.11 bits per heavy atom. The first-order valence-electron chi connectivity index (χ1n) is 10.1. The first kappa shape index (κ1) is 19.2. The van der Waals surface area contributed by atoms with Gasteiger partial charge in [-0.15, -0.1) is 0 Å². The average Bonchev–Trinajstić information content (AvgIpc) is 3.33. The molecule has 150 valence electrons. The van der Waals surface area contributed by atoms with Crippen molar-refractivity contribution in [2.75, 3.05) is 33.4 Å². The lowest BCUT2D eigenvalue weighted by atomic mass is 10.1. The fraction of sp³-hybridized carbons (Fsp3) is 0.478. The van der Waals surface area contributed by atoms with Gasteiger partial charge in [0.15, 0.2) is 0 Å². The molecule has 2 aliphatic rings. The summed E-state index contributed by atoms with van der Waals surface area (Å²) in [5.74, 6) is 1.63. The lowest BCUT2D eigenvalue weighted by Crippen LogP contribution is -2.35. The van der Waals surface area contributed by atoms with E-state index in [0.29, 0.717) is 13.2 Å². The first-order valence-corrected chi connectivity index (χ1v) is 10.1. The number of aliphatic hydroxyl groups is 1. The number of fused-ring (bicyclic) bond motifs is 1. The molecular formula is C23H29NO4. The van der Waals surface area contributed by atoms with Crippen LogP contribution in [0.25, 0.3) is 0 Å². The van der Waals surface area contributed by atoms with Crippen molar-refractivity contribution in [1.82, 2.24) is 4.90 Å². The molecule has 1 fully saturated rings. The van der Waals surface area contributed by atoms with Crippen molar-refractivity contribution >= 4 is 0 Å². The summed E-state index contributed by atoms with van der Waals surface area (Å²) >= 11 is 0. The summed E-state index contributed by atoms with van der Waals surface area (Å²) in [6.45, 7) is 2.74. The molecule has 5 nitrogen and oxygen atoms in total. The highest BCUT2D eigenvalue weighted by Gasteiger charge is 2.27. The van der Waals surface area contributed by atoms with Crippen molar-refractivity contribution in [3.05, 3.63) is 59.7 Å². The molecule has 5 heteroatoms. The van der Waals surface area contributed by atoms with E-state index in [1.807, 2.05) is 24.3 Å². The Bertz CT molecular complexity index is 781. The summed E-state index contributed by atoms with van der Waals surface area (Å²) in [5.41, 5.74) is 2.65. The number of ether oxygens (including phenoxy) is 3. The van der Waals surface area contributed by atoms with E-state index < -0.39 is 6.10 Å². The van der Waals surface area contributed by atoms with Gasteiger partial charge >= 0.3 is 0 Å². The SMILES string of the molecule is COc1cccc(O[C@H]2CCN(CC(O)CO[C@H]3CCc4ccccc43)C2)c1. The number of β-amino-alcohol motifs (C(OH)–C–C–N with tert-alkyl or cyclic N) is 1. The molecule has 1 aliphatic heterocycles. The molecule has 1 unspecified atom stereocenters. The lowest BCUT2D eigenvalue weighted by Gasteiger charge is -2.22. The Morgan fingerprint density at radius 3 is 2.86 bits per heavy atom. The quantitative estimate of drug-likeness (QED) is 0.759. The zero-order valence-electron chi connectivity index (χ0n) is 16.4. The van der Waals surface area contributed by atoms with Gasteiger partial charge < -0.3 is 19.3 Å². The highest BCUT2D eigenvalue weighted by atomic mass is 16.5. The highest BCUT2D eigenvalue weighted by molar-refractivity contribution is 5.34. The molecule has 1 saturated heterocycles. The highest BCUT2D eigenvalue weighted by Crippen LogP contribution is 2.33. The number of rotatable bonds is 8. The Morgan fingerprint density at radius 2 is 1.96 bits per heavy atom. The maximum atomic E-state index is 10.4. The van der Waals surface area contributed by atoms with Crippen LogP contribution in [0.2, 0.25) is 0 Å². The van der Waals surface area contributed by atoms with Gasteiger partial charge in [-0.3, -0.25) is 4.90 Å². The topological polar surface area (TPSA) is 51.2 Å². The predicted octanol–water partition coefficient (Wildman–Crippen LogP) is 3.21. The monoisotopic (exact) mass is 383 g/mol. The second-order valence-corrected chi connectivity index (χ2v) is 7.68. The van der Waals surface area contributed by atoms with Gasteiger partial charge in [-0.1, -0.05) is 30.3 Å². The molecule has 0 saturated carbocycles. The van der Waals surface area contributed by atoms with E-state index in [0.717, 1.165) is 43.9 Å². The Kier molecular flexibility index (Phi) is 6.15. The molecular weight excluding hydrogens is 354 g/mol. The van der Waals surface area contributed by atoms with Crippen molar-refractivity contribution < 1.29 is 19.3 Å². The molecule has 1 aliphatic carbocycles. The number of aliphatic hydroxyl groups excluding tert-OH is 1. The predicted molar refractivity (Wildman–Crippen MR) is 108 cm³/mol. The van der Waals surface area contributed by atoms with Gasteiger partial charge in [0.1, 0.15) is 17.6 Å². The Hall–Kier alpha value is -2.08. The number of nitrogens with zero attached hydrogens (tertiary/aromatic N) is 1. The van der Waals surface area contributed by atoms with Crippen LogP contribution in [0.1, 0.15) is 30.1 Å². The van der Waals surface area contributed by atoms with Crippen molar-refractivity contribution in [1.29, 1.82) is 0 Å². The van der Waals surface area contributed by atoms with Crippen molar-refractivity contribution in [2.45, 2.75) is 37.6 Å². The maximum Gasteiger partial charge on any atom is 0.123 e. The molecule has 0 spiro atoms. The number of aryl methyl sites for hydroxylation is 1. The zero-order chi connectivity index (χ0) is 19.3. The minimum atomic E-state index is -0.483. The average molecular weight is 383 g/mol. The molecule has 2 aromatic rings. The second-order valence-electron chi connectivity index (χ2n) is 7.68. The molecule has 0 bridgehead atoms. The summed E-state index contributed by atoms with van der Waals surface area (Å²) in [4.78, 5) is 2.25. The summed E-state index contributed by atoms with van der Waals surface area (Å²) in [6.07, 6.45) is 2.80. The molecule has 1 N–H and O–H groups in total. The van der Waals surface area contributed by atoms with Crippen LogP contribution in [-0.2, 0) is 11.2 Å². The molecule has 0 radical (unpaired) electrons. The van der Waals surface area contributed by atoms with Crippen LogP contribution >= 0.6 is 0 Å². The van der Waals surface area contributed by atoms with Crippen LogP contribution in [-0.4, -0.2) is 55.6 Å². The molecule has 3 atom stereocenters. The van der Waals surface area contributed by atoms with E-state index in [1.54, 1.807) is 7.11 Å². The van der Waals surface area contributed by atoms with E-state index in [1.165, 1.54) is 11.1 Å². The number of hydrogen-bond donors (Lipinski definition) is 1. The summed E-state index contributed by atoms with van der Waals surface area (Å²) < 4.78 is 17.3. The van der Waals surface area contributed by atoms with E-state index in [-0.39, 0.29) is 12.2 Å². The van der Waals surface area contributed by atoms with E-state index >= 15 is 0 Å². The van der Waals surface area contributed by atoms with Crippen LogP contribution in [0, 0.1) is 0 Å². The fourth-order valence-corrected chi connectivity index (χ4v) is 4.20. The fourth-order valence-electron chi connectivity index (χ4n) is 4.20. The number of hydrogen-bond acceptors (Lipinski definition) is 5. The van der Waals surface area contributed by atoms with Gasteiger partial charge in [0.2, 0.25) is 0 Å². The van der Waals surface area contributed by atoms with Gasteiger partial charge in [0.05, 0.1) is 25.9 Å². The smallest absolute Gasteiger partial charge is 0.123 e. The number of methoxy groups -OCH3 is 1. The van der Waals surface area contributed by atoms with Gasteiger partial charge in [-0.25, -0.2) is 0 Å². The lowest BCUT2D eigenvalue weighted by molar-refractivity contribution is -0.0200. The van der Waals surface area contributed by atoms with E-state index in [9.17, 15) is 5.11 Å². The van der Waals surface area contributed by atoms with Gasteiger partial charge in [-0.2, -0.15) is 0 Å². The number of likely N-dealkylation sites (tertiary alicyclic amines) is 1. The largest absolute Gasteiger partial charge is 0.497 e. The van der Waals surface area contributed by atoms with Crippen LogP contribution in [0.15, 0.2) is 48.5 Å². The second kappa shape index (κ2) is 8.95. The van der Waals surface area contributed by atoms with Crippen LogP contribution in [0.3, 0.4) is 0 Å². The van der Waals surface area contributed by atoms with Crippen molar-refractivity contribution in [3.8, 4) is 11.5 Å². The molecule has 4 rings (SSSR count). The van der Waals surface area contributed by atoms with E-state index in [4.69, 9.17) is 14.2 Å². The molecule has 0 amide bonds. The van der Waals surface area contributed by atoms with Crippen molar-refractivity contribution in [2.24, 2.45) is 0 Å². The van der Waals surface area contributed by atoms with Crippen molar-refractivity contribution in [3.63, 3.8) is 0 Å². The summed E-state index contributed by atoms with van der Waals surface area (Å²) in [5, 5.41) is 10.4.